The molecule has 0 saturated carbocycles. The maximum Gasteiger partial charge on any atom is 0.142 e. The number of imidazole rings is 1. The van der Waals surface area contributed by atoms with Crippen LogP contribution in [-0.4, -0.2) is 16.2 Å². The molecule has 148 valence electrons. The van der Waals surface area contributed by atoms with Crippen molar-refractivity contribution < 1.29 is 4.74 Å². The molecule has 1 heterocycles. The Hall–Kier alpha value is -2.78. The highest BCUT2D eigenvalue weighted by Crippen LogP contribution is 2.31. The highest BCUT2D eigenvalue weighted by atomic mass is 35.5. The van der Waals surface area contributed by atoms with Crippen LogP contribution in [-0.2, 0) is 6.54 Å². The molecule has 0 spiro atoms. The zero-order valence-electron chi connectivity index (χ0n) is 17.0. The first-order valence-corrected chi connectivity index (χ1v) is 10.4. The van der Waals surface area contributed by atoms with Gasteiger partial charge in [0.15, 0.2) is 0 Å². The summed E-state index contributed by atoms with van der Waals surface area (Å²) < 4.78 is 8.44. The Morgan fingerprint density at radius 3 is 2.55 bits per heavy atom. The number of fused-ring (bicyclic) bond motifs is 1. The molecule has 0 aliphatic rings. The molecular formula is C25H25ClN2O. The summed E-state index contributed by atoms with van der Waals surface area (Å²) in [5.41, 5.74) is 5.41. The van der Waals surface area contributed by atoms with Gasteiger partial charge in [0, 0.05) is 5.56 Å². The van der Waals surface area contributed by atoms with Gasteiger partial charge in [0.1, 0.15) is 18.2 Å². The minimum Gasteiger partial charge on any atom is -0.491 e. The van der Waals surface area contributed by atoms with Crippen molar-refractivity contribution >= 4 is 22.6 Å². The highest BCUT2D eigenvalue weighted by Gasteiger charge is 2.15. The number of rotatable bonds is 6. The van der Waals surface area contributed by atoms with Crippen LogP contribution in [0.3, 0.4) is 0 Å². The number of hydrogen-bond acceptors (Lipinski definition) is 2. The summed E-state index contributed by atoms with van der Waals surface area (Å²) in [5, 5.41) is 0.700. The molecule has 0 aliphatic carbocycles. The van der Waals surface area contributed by atoms with Crippen molar-refractivity contribution in [1.29, 1.82) is 0 Å². The molecule has 29 heavy (non-hydrogen) atoms. The van der Waals surface area contributed by atoms with E-state index in [2.05, 4.69) is 49.6 Å². The predicted molar refractivity (Wildman–Crippen MR) is 121 cm³/mol. The lowest BCUT2D eigenvalue weighted by Crippen LogP contribution is -2.11. The molecule has 0 fully saturated rings. The van der Waals surface area contributed by atoms with Crippen LogP contribution in [0.2, 0.25) is 5.02 Å². The summed E-state index contributed by atoms with van der Waals surface area (Å²) in [7, 11) is 0. The third-order valence-electron chi connectivity index (χ3n) is 5.13. The summed E-state index contributed by atoms with van der Waals surface area (Å²) in [6, 6.07) is 22.4. The molecule has 3 nitrogen and oxygen atoms in total. The molecule has 0 aliphatic heterocycles. The van der Waals surface area contributed by atoms with Gasteiger partial charge in [-0.15, -0.1) is 0 Å². The summed E-state index contributed by atoms with van der Waals surface area (Å²) in [4.78, 5) is 4.85. The lowest BCUT2D eigenvalue weighted by Gasteiger charge is -2.16. The van der Waals surface area contributed by atoms with E-state index >= 15 is 0 Å². The number of aromatic nitrogens is 2. The van der Waals surface area contributed by atoms with E-state index in [1.807, 2.05) is 42.5 Å². The molecule has 0 unspecified atom stereocenters. The van der Waals surface area contributed by atoms with Gasteiger partial charge in [-0.1, -0.05) is 61.8 Å². The quantitative estimate of drug-likeness (QED) is 0.350. The Morgan fingerprint density at radius 1 is 1.00 bits per heavy atom. The molecule has 1 aromatic heterocycles. The molecule has 0 saturated heterocycles. The normalized spacial score (nSPS) is 11.3. The van der Waals surface area contributed by atoms with E-state index in [-0.39, 0.29) is 0 Å². The number of nitrogens with zero attached hydrogens (tertiary/aromatic N) is 2. The molecule has 4 aromatic rings. The summed E-state index contributed by atoms with van der Waals surface area (Å²) in [6.45, 7) is 7.72. The summed E-state index contributed by atoms with van der Waals surface area (Å²) >= 11 is 6.48. The van der Waals surface area contributed by atoms with E-state index in [9.17, 15) is 0 Å². The standard InChI is InChI=1S/C25H25ClN2O/c1-17(2)19-13-12-18(3)16-24(19)29-15-14-28-23-11-7-6-10-22(23)27-25(28)20-8-4-5-9-21(20)26/h4-13,16-17H,14-15H2,1-3H3. The topological polar surface area (TPSA) is 27.1 Å². The van der Waals surface area contributed by atoms with Crippen LogP contribution in [0.1, 0.15) is 30.9 Å². The Labute approximate surface area is 176 Å². The smallest absolute Gasteiger partial charge is 0.142 e. The number of hydrogen-bond donors (Lipinski definition) is 0. The van der Waals surface area contributed by atoms with Crippen molar-refractivity contribution in [1.82, 2.24) is 9.55 Å². The Kier molecular flexibility index (Phi) is 5.59. The molecular weight excluding hydrogens is 380 g/mol. The Morgan fingerprint density at radius 2 is 1.76 bits per heavy atom. The van der Waals surface area contributed by atoms with Gasteiger partial charge in [-0.3, -0.25) is 0 Å². The van der Waals surface area contributed by atoms with Crippen LogP contribution in [0.15, 0.2) is 66.7 Å². The third kappa shape index (κ3) is 4.01. The number of benzene rings is 3. The second-order valence-corrected chi connectivity index (χ2v) is 8.01. The lowest BCUT2D eigenvalue weighted by atomic mass is 10.0. The maximum atomic E-state index is 6.48. The summed E-state index contributed by atoms with van der Waals surface area (Å²) in [6.07, 6.45) is 0. The van der Waals surface area contributed by atoms with Gasteiger partial charge in [0.25, 0.3) is 0 Å². The van der Waals surface area contributed by atoms with Gasteiger partial charge in [-0.05, 0) is 54.3 Å². The second-order valence-electron chi connectivity index (χ2n) is 7.60. The van der Waals surface area contributed by atoms with Gasteiger partial charge in [0.05, 0.1) is 22.6 Å². The van der Waals surface area contributed by atoms with Gasteiger partial charge in [-0.2, -0.15) is 0 Å². The van der Waals surface area contributed by atoms with Gasteiger partial charge >= 0.3 is 0 Å². The minimum absolute atomic E-state index is 0.415. The third-order valence-corrected chi connectivity index (χ3v) is 5.46. The second kappa shape index (κ2) is 8.30. The fourth-order valence-corrected chi connectivity index (χ4v) is 3.86. The van der Waals surface area contributed by atoms with Crippen molar-refractivity contribution in [2.24, 2.45) is 0 Å². The molecule has 0 atom stereocenters. The molecule has 0 amide bonds. The van der Waals surface area contributed by atoms with Crippen molar-refractivity contribution in [3.05, 3.63) is 82.9 Å². The first-order chi connectivity index (χ1) is 14.0. The zero-order chi connectivity index (χ0) is 20.4. The molecule has 0 N–H and O–H groups in total. The average molecular weight is 405 g/mol. The molecule has 4 rings (SSSR count). The van der Waals surface area contributed by atoms with E-state index in [0.29, 0.717) is 24.1 Å². The average Bonchev–Trinajstić information content (AvgIpc) is 3.07. The van der Waals surface area contributed by atoms with Crippen LogP contribution >= 0.6 is 11.6 Å². The molecule has 3 aromatic carbocycles. The van der Waals surface area contributed by atoms with Crippen LogP contribution in [0.4, 0.5) is 0 Å². The minimum atomic E-state index is 0.415. The summed E-state index contributed by atoms with van der Waals surface area (Å²) in [5.74, 6) is 2.25. The van der Waals surface area contributed by atoms with Crippen LogP contribution in [0.5, 0.6) is 5.75 Å². The van der Waals surface area contributed by atoms with Gasteiger partial charge < -0.3 is 9.30 Å². The van der Waals surface area contributed by atoms with Crippen LogP contribution in [0, 0.1) is 6.92 Å². The Balaban J connectivity index is 1.66. The van der Waals surface area contributed by atoms with Crippen molar-refractivity contribution in [2.75, 3.05) is 6.61 Å². The fourth-order valence-electron chi connectivity index (χ4n) is 3.64. The molecule has 0 radical (unpaired) electrons. The van der Waals surface area contributed by atoms with Crippen molar-refractivity contribution in [3.63, 3.8) is 0 Å². The highest BCUT2D eigenvalue weighted by molar-refractivity contribution is 6.33. The Bertz CT molecular complexity index is 1150. The van der Waals surface area contributed by atoms with E-state index in [1.54, 1.807) is 0 Å². The fraction of sp³-hybridized carbons (Fsp3) is 0.240. The number of para-hydroxylation sites is 2. The number of ether oxygens (including phenoxy) is 1. The SMILES string of the molecule is Cc1ccc(C(C)C)c(OCCn2c(-c3ccccc3Cl)nc3ccccc32)c1. The number of aryl methyl sites for hydroxylation is 1. The number of halogens is 1. The van der Waals surface area contributed by atoms with Gasteiger partial charge in [-0.25, -0.2) is 4.98 Å². The van der Waals surface area contributed by atoms with Gasteiger partial charge in [0.2, 0.25) is 0 Å². The predicted octanol–water partition coefficient (Wildman–Crippen LogP) is 6.87. The maximum absolute atomic E-state index is 6.48. The van der Waals surface area contributed by atoms with E-state index in [1.165, 1.54) is 11.1 Å². The van der Waals surface area contributed by atoms with Crippen molar-refractivity contribution in [3.8, 4) is 17.1 Å². The van der Waals surface area contributed by atoms with E-state index in [4.69, 9.17) is 21.3 Å². The van der Waals surface area contributed by atoms with Crippen LogP contribution in [0.25, 0.3) is 22.4 Å². The van der Waals surface area contributed by atoms with E-state index < -0.39 is 0 Å². The first-order valence-electron chi connectivity index (χ1n) is 9.98. The molecule has 0 bridgehead atoms. The largest absolute Gasteiger partial charge is 0.491 e. The monoisotopic (exact) mass is 404 g/mol. The zero-order valence-corrected chi connectivity index (χ0v) is 17.8. The van der Waals surface area contributed by atoms with E-state index in [0.717, 1.165) is 28.2 Å². The molecule has 4 heteroatoms. The first kappa shape index (κ1) is 19.5. The van der Waals surface area contributed by atoms with Crippen LogP contribution < -0.4 is 4.74 Å². The van der Waals surface area contributed by atoms with Crippen molar-refractivity contribution in [2.45, 2.75) is 33.2 Å². The lowest BCUT2D eigenvalue weighted by molar-refractivity contribution is 0.296.